The molecule has 2 aromatic carbocycles. The summed E-state index contributed by atoms with van der Waals surface area (Å²) in [4.78, 5) is 21.8. The van der Waals surface area contributed by atoms with Crippen molar-refractivity contribution in [1.82, 2.24) is 14.5 Å². The van der Waals surface area contributed by atoms with Gasteiger partial charge in [-0.3, -0.25) is 4.57 Å². The van der Waals surface area contributed by atoms with E-state index in [1.165, 1.54) is 0 Å². The van der Waals surface area contributed by atoms with E-state index in [1.54, 1.807) is 23.6 Å². The minimum atomic E-state index is -0.521. The number of anilines is 1. The van der Waals surface area contributed by atoms with Gasteiger partial charge in [-0.25, -0.2) is 14.8 Å². The van der Waals surface area contributed by atoms with Crippen LogP contribution in [0.1, 0.15) is 17.3 Å². The van der Waals surface area contributed by atoms with Crippen molar-refractivity contribution in [2.24, 2.45) is 0 Å². The number of hydrogen-bond donors (Lipinski definition) is 1. The Balaban J connectivity index is 2.09. The maximum Gasteiger partial charge on any atom is 0.344 e. The van der Waals surface area contributed by atoms with Crippen molar-refractivity contribution in [3.05, 3.63) is 59.1 Å². The first kappa shape index (κ1) is 16.4. The van der Waals surface area contributed by atoms with E-state index in [4.69, 9.17) is 22.1 Å². The fraction of sp³-hybridized carbons (Fsp3) is 0.105. The van der Waals surface area contributed by atoms with Gasteiger partial charge in [0.25, 0.3) is 0 Å². The number of nitrogens with two attached hydrogens (primary N) is 1. The van der Waals surface area contributed by atoms with Crippen LogP contribution in [-0.4, -0.2) is 27.1 Å². The summed E-state index contributed by atoms with van der Waals surface area (Å²) in [5.41, 5.74) is 9.57. The van der Waals surface area contributed by atoms with E-state index >= 15 is 0 Å². The number of halogens is 1. The number of carbonyl (C=O) groups excluding carboxylic acids is 1. The molecule has 0 aliphatic carbocycles. The fourth-order valence-electron chi connectivity index (χ4n) is 2.92. The topological polar surface area (TPSA) is 83.0 Å². The van der Waals surface area contributed by atoms with E-state index < -0.39 is 5.97 Å². The number of nitrogens with zero attached hydrogens (tertiary/aromatic N) is 3. The van der Waals surface area contributed by atoms with Crippen molar-refractivity contribution in [3.63, 3.8) is 0 Å². The van der Waals surface area contributed by atoms with Crippen molar-refractivity contribution in [2.75, 3.05) is 12.3 Å². The van der Waals surface area contributed by atoms with Crippen LogP contribution in [0.5, 0.6) is 0 Å². The average molecular weight is 367 g/mol. The summed E-state index contributed by atoms with van der Waals surface area (Å²) in [6.07, 6.45) is 0. The molecule has 4 aromatic rings. The molecule has 0 aliphatic rings. The third-order valence-electron chi connectivity index (χ3n) is 4.06. The van der Waals surface area contributed by atoms with Crippen molar-refractivity contribution in [1.29, 1.82) is 0 Å². The molecule has 0 spiro atoms. The second kappa shape index (κ2) is 6.31. The third kappa shape index (κ3) is 2.55. The SMILES string of the molecule is CCOC(=O)c1c(N)n(-c2ccc(Cl)cc2)c2nc3ccccc3nc12. The summed E-state index contributed by atoms with van der Waals surface area (Å²) in [7, 11) is 0. The Morgan fingerprint density at radius 1 is 1.12 bits per heavy atom. The van der Waals surface area contributed by atoms with E-state index in [9.17, 15) is 4.79 Å². The maximum absolute atomic E-state index is 12.5. The number of ether oxygens (including phenoxy) is 1. The molecule has 2 aromatic heterocycles. The molecule has 0 unspecified atom stereocenters. The summed E-state index contributed by atoms with van der Waals surface area (Å²) < 4.78 is 6.87. The lowest BCUT2D eigenvalue weighted by Crippen LogP contribution is -2.09. The van der Waals surface area contributed by atoms with Crippen LogP contribution < -0.4 is 5.73 Å². The molecule has 2 N–H and O–H groups in total. The van der Waals surface area contributed by atoms with Gasteiger partial charge in [-0.2, -0.15) is 0 Å². The molecule has 0 aliphatic heterocycles. The Morgan fingerprint density at radius 3 is 2.42 bits per heavy atom. The monoisotopic (exact) mass is 366 g/mol. The number of benzene rings is 2. The van der Waals surface area contributed by atoms with Crippen LogP contribution in [0.25, 0.3) is 27.9 Å². The van der Waals surface area contributed by atoms with Crippen LogP contribution in [-0.2, 0) is 4.74 Å². The number of nitrogen functional groups attached to an aromatic ring is 1. The normalized spacial score (nSPS) is 11.2. The second-order valence-electron chi connectivity index (χ2n) is 5.68. The molecule has 130 valence electrons. The van der Waals surface area contributed by atoms with Gasteiger partial charge in [-0.1, -0.05) is 23.7 Å². The molecular formula is C19H15ClN4O2. The van der Waals surface area contributed by atoms with Gasteiger partial charge in [0.15, 0.2) is 5.65 Å². The first-order valence-corrected chi connectivity index (χ1v) is 8.47. The van der Waals surface area contributed by atoms with E-state index in [0.29, 0.717) is 27.2 Å². The number of rotatable bonds is 3. The van der Waals surface area contributed by atoms with Gasteiger partial charge in [0.2, 0.25) is 0 Å². The lowest BCUT2D eigenvalue weighted by Gasteiger charge is -2.08. The van der Waals surface area contributed by atoms with E-state index in [-0.39, 0.29) is 18.0 Å². The van der Waals surface area contributed by atoms with Crippen LogP contribution in [0.3, 0.4) is 0 Å². The van der Waals surface area contributed by atoms with Gasteiger partial charge in [-0.05, 0) is 43.3 Å². The predicted octanol–water partition coefficient (Wildman–Crippen LogP) is 3.99. The molecule has 0 amide bonds. The van der Waals surface area contributed by atoms with Gasteiger partial charge >= 0.3 is 5.97 Å². The molecule has 2 heterocycles. The molecule has 0 fully saturated rings. The number of aromatic nitrogens is 3. The van der Waals surface area contributed by atoms with Crippen molar-refractivity contribution < 1.29 is 9.53 Å². The van der Waals surface area contributed by atoms with Gasteiger partial charge < -0.3 is 10.5 Å². The number of carbonyl (C=O) groups is 1. The van der Waals surface area contributed by atoms with Gasteiger partial charge in [0.1, 0.15) is 16.9 Å². The molecule has 26 heavy (non-hydrogen) atoms. The predicted molar refractivity (Wildman–Crippen MR) is 102 cm³/mol. The Bertz CT molecular complexity index is 1140. The van der Waals surface area contributed by atoms with Crippen molar-refractivity contribution >= 4 is 45.6 Å². The largest absolute Gasteiger partial charge is 0.462 e. The highest BCUT2D eigenvalue weighted by molar-refractivity contribution is 6.30. The quantitative estimate of drug-likeness (QED) is 0.554. The number of hydrogen-bond acceptors (Lipinski definition) is 5. The first-order valence-electron chi connectivity index (χ1n) is 8.10. The van der Waals surface area contributed by atoms with E-state index in [0.717, 1.165) is 5.69 Å². The van der Waals surface area contributed by atoms with Crippen molar-refractivity contribution in [2.45, 2.75) is 6.92 Å². The van der Waals surface area contributed by atoms with E-state index in [1.807, 2.05) is 36.4 Å². The van der Waals surface area contributed by atoms with Crippen LogP contribution in [0, 0.1) is 0 Å². The zero-order chi connectivity index (χ0) is 18.3. The first-order chi connectivity index (χ1) is 12.6. The summed E-state index contributed by atoms with van der Waals surface area (Å²) in [6, 6.07) is 14.6. The molecule has 0 radical (unpaired) electrons. The van der Waals surface area contributed by atoms with Crippen LogP contribution in [0.2, 0.25) is 5.02 Å². The number of para-hydroxylation sites is 2. The minimum Gasteiger partial charge on any atom is -0.462 e. The maximum atomic E-state index is 12.5. The van der Waals surface area contributed by atoms with Crippen LogP contribution in [0.4, 0.5) is 5.82 Å². The average Bonchev–Trinajstić information content (AvgIpc) is 2.92. The smallest absolute Gasteiger partial charge is 0.344 e. The Morgan fingerprint density at radius 2 is 1.77 bits per heavy atom. The Kier molecular flexibility index (Phi) is 3.97. The highest BCUT2D eigenvalue weighted by Crippen LogP contribution is 2.31. The van der Waals surface area contributed by atoms with Crippen LogP contribution in [0.15, 0.2) is 48.5 Å². The molecule has 0 saturated carbocycles. The van der Waals surface area contributed by atoms with Crippen molar-refractivity contribution in [3.8, 4) is 5.69 Å². The second-order valence-corrected chi connectivity index (χ2v) is 6.11. The zero-order valence-electron chi connectivity index (χ0n) is 13.9. The minimum absolute atomic E-state index is 0.218. The molecule has 6 nitrogen and oxygen atoms in total. The molecule has 0 bridgehead atoms. The molecular weight excluding hydrogens is 352 g/mol. The molecule has 0 saturated heterocycles. The lowest BCUT2D eigenvalue weighted by atomic mass is 10.2. The number of fused-ring (bicyclic) bond motifs is 2. The fourth-order valence-corrected chi connectivity index (χ4v) is 3.04. The standard InChI is InChI=1S/C19H15ClN4O2/c1-2-26-19(25)15-16-18(23-14-6-4-3-5-13(14)22-16)24(17(15)21)12-9-7-11(20)8-10-12/h3-10H,2,21H2,1H3. The summed E-state index contributed by atoms with van der Waals surface area (Å²) >= 11 is 5.99. The van der Waals surface area contributed by atoms with E-state index in [2.05, 4.69) is 9.97 Å². The Labute approximate surface area is 154 Å². The summed E-state index contributed by atoms with van der Waals surface area (Å²) in [5.74, 6) is -0.289. The lowest BCUT2D eigenvalue weighted by molar-refractivity contribution is 0.0529. The Hall–Kier alpha value is -3.12. The van der Waals surface area contributed by atoms with Gasteiger partial charge in [0, 0.05) is 10.7 Å². The summed E-state index contributed by atoms with van der Waals surface area (Å²) in [6.45, 7) is 1.99. The zero-order valence-corrected chi connectivity index (χ0v) is 14.7. The highest BCUT2D eigenvalue weighted by atomic mass is 35.5. The molecule has 4 rings (SSSR count). The van der Waals surface area contributed by atoms with Gasteiger partial charge in [-0.15, -0.1) is 0 Å². The van der Waals surface area contributed by atoms with Crippen LogP contribution >= 0.6 is 11.6 Å². The molecule has 0 atom stereocenters. The number of esters is 1. The third-order valence-corrected chi connectivity index (χ3v) is 4.31. The van der Waals surface area contributed by atoms with Gasteiger partial charge in [0.05, 0.1) is 17.6 Å². The summed E-state index contributed by atoms with van der Waals surface area (Å²) in [5, 5.41) is 0.603. The highest BCUT2D eigenvalue weighted by Gasteiger charge is 2.25. The molecule has 7 heteroatoms.